The summed E-state index contributed by atoms with van der Waals surface area (Å²) in [5.41, 5.74) is -3.76. The highest BCUT2D eigenvalue weighted by Gasteiger charge is 2.37. The molecule has 0 spiro atoms. The van der Waals surface area contributed by atoms with E-state index in [9.17, 15) is 35.9 Å². The number of hydrogen-bond acceptors (Lipinski definition) is 6. The molecule has 2 amide bonds. The summed E-state index contributed by atoms with van der Waals surface area (Å²) in [6.45, 7) is 1.43. The van der Waals surface area contributed by atoms with Gasteiger partial charge in [-0.05, 0) is 37.3 Å². The number of alkyl halides is 6. The van der Waals surface area contributed by atoms with Crippen molar-refractivity contribution in [1.29, 1.82) is 0 Å². The molecule has 3 aromatic rings. The van der Waals surface area contributed by atoms with Crippen molar-refractivity contribution in [3.05, 3.63) is 64.6 Å². The normalized spacial score (nSPS) is 12.7. The molecule has 9 nitrogen and oxygen atoms in total. The second-order valence-corrected chi connectivity index (χ2v) is 8.67. The van der Waals surface area contributed by atoms with E-state index in [0.29, 0.717) is 17.7 Å². The number of hydrogen-bond donors (Lipinski definition) is 1. The molecule has 3 rings (SSSR count). The van der Waals surface area contributed by atoms with E-state index >= 15 is 0 Å². The number of carbonyl (C=O) groups is 2. The number of benzene rings is 1. The standard InChI is InChI=1S/C23H23F6N7O2/c1-12(31-19(37)14-8-15(22(24,25)26)10-16(9-14)23(27,28)29)18-32-21(35(4)5)33-36(18)17-7-6-13(11-30-17)20(38)34(2)3/h6-12H,1-5H3,(H,31,37)/t12-/m0/s1. The van der Waals surface area contributed by atoms with Gasteiger partial charge >= 0.3 is 12.4 Å². The minimum Gasteiger partial charge on any atom is -0.346 e. The summed E-state index contributed by atoms with van der Waals surface area (Å²) >= 11 is 0. The summed E-state index contributed by atoms with van der Waals surface area (Å²) in [7, 11) is 6.42. The highest BCUT2D eigenvalue weighted by atomic mass is 19.4. The number of pyridine rings is 1. The third-order valence-corrected chi connectivity index (χ3v) is 5.22. The molecule has 0 unspecified atom stereocenters. The summed E-state index contributed by atoms with van der Waals surface area (Å²) in [4.78, 5) is 36.4. The molecule has 15 heteroatoms. The molecule has 1 atom stereocenters. The van der Waals surface area contributed by atoms with Gasteiger partial charge in [0.15, 0.2) is 11.6 Å². The average molecular weight is 543 g/mol. The van der Waals surface area contributed by atoms with Crippen LogP contribution in [0.3, 0.4) is 0 Å². The predicted octanol–water partition coefficient (Wildman–Crippen LogP) is 3.96. The van der Waals surface area contributed by atoms with Crippen molar-refractivity contribution in [2.75, 3.05) is 33.1 Å². The van der Waals surface area contributed by atoms with Crippen molar-refractivity contribution in [2.24, 2.45) is 0 Å². The van der Waals surface area contributed by atoms with Crippen LogP contribution in [0.2, 0.25) is 0 Å². The minimum absolute atomic E-state index is 0.0590. The first-order valence-electron chi connectivity index (χ1n) is 10.9. The fourth-order valence-electron chi connectivity index (χ4n) is 3.28. The molecule has 0 aliphatic carbocycles. The van der Waals surface area contributed by atoms with Gasteiger partial charge in [0.25, 0.3) is 11.8 Å². The zero-order chi connectivity index (χ0) is 28.6. The van der Waals surface area contributed by atoms with Crippen molar-refractivity contribution >= 4 is 17.8 Å². The largest absolute Gasteiger partial charge is 0.416 e. The van der Waals surface area contributed by atoms with Crippen molar-refractivity contribution in [1.82, 2.24) is 30.0 Å². The molecule has 0 aliphatic rings. The number of anilines is 1. The third kappa shape index (κ3) is 6.20. The van der Waals surface area contributed by atoms with E-state index < -0.39 is 41.0 Å². The number of rotatable bonds is 6. The van der Waals surface area contributed by atoms with Crippen molar-refractivity contribution in [2.45, 2.75) is 25.3 Å². The molecule has 0 saturated carbocycles. The average Bonchev–Trinajstić information content (AvgIpc) is 3.28. The maximum absolute atomic E-state index is 13.2. The van der Waals surface area contributed by atoms with Gasteiger partial charge in [0, 0.05) is 40.0 Å². The molecule has 0 fully saturated rings. The van der Waals surface area contributed by atoms with Gasteiger partial charge in [0.1, 0.15) is 0 Å². The summed E-state index contributed by atoms with van der Waals surface area (Å²) in [5, 5.41) is 6.68. The van der Waals surface area contributed by atoms with Crippen LogP contribution in [-0.4, -0.2) is 64.7 Å². The second kappa shape index (κ2) is 10.3. The minimum atomic E-state index is -5.10. The van der Waals surface area contributed by atoms with E-state index in [4.69, 9.17) is 0 Å². The molecule has 0 aliphatic heterocycles. The number of amides is 2. The summed E-state index contributed by atoms with van der Waals surface area (Å²) < 4.78 is 80.5. The number of halogens is 6. The zero-order valence-corrected chi connectivity index (χ0v) is 20.8. The summed E-state index contributed by atoms with van der Waals surface area (Å²) in [6, 6.07) is 2.57. The van der Waals surface area contributed by atoms with Gasteiger partial charge < -0.3 is 15.1 Å². The van der Waals surface area contributed by atoms with Crippen LogP contribution in [0, 0.1) is 0 Å². The lowest BCUT2D eigenvalue weighted by Crippen LogP contribution is -2.29. The Morgan fingerprint density at radius 2 is 1.50 bits per heavy atom. The highest BCUT2D eigenvalue weighted by molar-refractivity contribution is 5.95. The fourth-order valence-corrected chi connectivity index (χ4v) is 3.28. The zero-order valence-electron chi connectivity index (χ0n) is 20.8. The number of aromatic nitrogens is 4. The number of carbonyl (C=O) groups excluding carboxylic acids is 2. The summed E-state index contributed by atoms with van der Waals surface area (Å²) in [6.07, 6.45) is -8.90. The van der Waals surface area contributed by atoms with E-state index in [1.165, 1.54) is 34.8 Å². The second-order valence-electron chi connectivity index (χ2n) is 8.67. The first-order chi connectivity index (χ1) is 17.5. The Balaban J connectivity index is 1.98. The van der Waals surface area contributed by atoms with Gasteiger partial charge in [-0.15, -0.1) is 5.10 Å². The Labute approximate surface area is 213 Å². The molecule has 2 aromatic heterocycles. The molecule has 204 valence electrons. The Kier molecular flexibility index (Phi) is 7.70. The van der Waals surface area contributed by atoms with Gasteiger partial charge in [-0.2, -0.15) is 36.0 Å². The van der Waals surface area contributed by atoms with E-state index in [0.717, 1.165) is 0 Å². The van der Waals surface area contributed by atoms with E-state index in [2.05, 4.69) is 20.4 Å². The van der Waals surface area contributed by atoms with Gasteiger partial charge in [0.2, 0.25) is 5.95 Å². The lowest BCUT2D eigenvalue weighted by atomic mass is 10.0. The first-order valence-corrected chi connectivity index (χ1v) is 10.9. The number of nitrogens with zero attached hydrogens (tertiary/aromatic N) is 6. The monoisotopic (exact) mass is 543 g/mol. The van der Waals surface area contributed by atoms with Crippen molar-refractivity contribution < 1.29 is 35.9 Å². The fraction of sp³-hybridized carbons (Fsp3) is 0.348. The van der Waals surface area contributed by atoms with Crippen LogP contribution in [0.4, 0.5) is 32.3 Å². The Bertz CT molecular complexity index is 1300. The molecule has 1 aromatic carbocycles. The quantitative estimate of drug-likeness (QED) is 0.473. The molecule has 0 radical (unpaired) electrons. The van der Waals surface area contributed by atoms with E-state index in [1.54, 1.807) is 33.1 Å². The van der Waals surface area contributed by atoms with Crippen LogP contribution >= 0.6 is 0 Å². The third-order valence-electron chi connectivity index (χ3n) is 5.22. The molecular weight excluding hydrogens is 520 g/mol. The Morgan fingerprint density at radius 1 is 0.921 bits per heavy atom. The number of nitrogens with one attached hydrogen (secondary N) is 1. The molecule has 1 N–H and O–H groups in total. The highest BCUT2D eigenvalue weighted by Crippen LogP contribution is 2.36. The Hall–Kier alpha value is -4.17. The van der Waals surface area contributed by atoms with Gasteiger partial charge in [0.05, 0.1) is 22.7 Å². The van der Waals surface area contributed by atoms with Crippen LogP contribution < -0.4 is 10.2 Å². The van der Waals surface area contributed by atoms with Crippen molar-refractivity contribution in [3.8, 4) is 5.82 Å². The van der Waals surface area contributed by atoms with Gasteiger partial charge in [-0.25, -0.2) is 4.98 Å². The van der Waals surface area contributed by atoms with Crippen LogP contribution in [0.5, 0.6) is 0 Å². The maximum atomic E-state index is 13.2. The molecular formula is C23H23F6N7O2. The van der Waals surface area contributed by atoms with Crippen LogP contribution in [-0.2, 0) is 12.4 Å². The van der Waals surface area contributed by atoms with Gasteiger partial charge in [-0.1, -0.05) is 0 Å². The predicted molar refractivity (Wildman–Crippen MR) is 124 cm³/mol. The topological polar surface area (TPSA) is 96.2 Å². The Morgan fingerprint density at radius 3 is 1.95 bits per heavy atom. The van der Waals surface area contributed by atoms with Crippen LogP contribution in [0.15, 0.2) is 36.5 Å². The molecule has 2 heterocycles. The molecule has 0 bridgehead atoms. The maximum Gasteiger partial charge on any atom is 0.416 e. The van der Waals surface area contributed by atoms with Gasteiger partial charge in [-0.3, -0.25) is 9.59 Å². The molecule has 0 saturated heterocycles. The SMILES string of the molecule is C[C@H](NC(=O)c1cc(C(F)(F)F)cc(C(F)(F)F)c1)c1nc(N(C)C)nn1-c1ccc(C(=O)N(C)C)cn1. The van der Waals surface area contributed by atoms with E-state index in [-0.39, 0.29) is 29.6 Å². The lowest BCUT2D eigenvalue weighted by Gasteiger charge is -2.17. The smallest absolute Gasteiger partial charge is 0.346 e. The van der Waals surface area contributed by atoms with Crippen LogP contribution in [0.1, 0.15) is 50.6 Å². The van der Waals surface area contributed by atoms with Crippen LogP contribution in [0.25, 0.3) is 5.82 Å². The molecule has 38 heavy (non-hydrogen) atoms. The van der Waals surface area contributed by atoms with E-state index in [1.807, 2.05) is 0 Å². The first kappa shape index (κ1) is 28.4. The lowest BCUT2D eigenvalue weighted by molar-refractivity contribution is -0.143. The van der Waals surface area contributed by atoms with Crippen molar-refractivity contribution in [3.63, 3.8) is 0 Å². The summed E-state index contributed by atoms with van der Waals surface area (Å²) in [5.74, 6) is -0.999.